The van der Waals surface area contributed by atoms with E-state index in [0.29, 0.717) is 11.9 Å². The van der Waals surface area contributed by atoms with Crippen LogP contribution < -0.4 is 5.32 Å². The predicted octanol–water partition coefficient (Wildman–Crippen LogP) is 2.18. The van der Waals surface area contributed by atoms with Crippen LogP contribution in [0.25, 0.3) is 0 Å². The van der Waals surface area contributed by atoms with Gasteiger partial charge in [0, 0.05) is 32.1 Å². The molecule has 2 heterocycles. The number of hydrogen-bond acceptors (Lipinski definition) is 5. The maximum Gasteiger partial charge on any atom is 0.240 e. The lowest BCUT2D eigenvalue weighted by molar-refractivity contribution is 0.146. The number of benzene rings is 1. The monoisotopic (exact) mass is 322 g/mol. The minimum atomic E-state index is 0. The van der Waals surface area contributed by atoms with Gasteiger partial charge in [0.25, 0.3) is 0 Å². The number of aromatic nitrogens is 2. The Morgan fingerprint density at radius 3 is 2.95 bits per heavy atom. The van der Waals surface area contributed by atoms with Gasteiger partial charge in [-0.3, -0.25) is 4.90 Å². The summed E-state index contributed by atoms with van der Waals surface area (Å²) in [4.78, 5) is 6.91. The molecule has 0 unspecified atom stereocenters. The maximum absolute atomic E-state index is 5.40. The van der Waals surface area contributed by atoms with E-state index in [1.807, 2.05) is 12.1 Å². The molecule has 1 aromatic heterocycles. The molecular formula is C16H23ClN4O. The van der Waals surface area contributed by atoms with Crippen LogP contribution in [0.15, 0.2) is 28.8 Å². The normalized spacial score (nSPS) is 18.9. The molecule has 1 fully saturated rings. The quantitative estimate of drug-likeness (QED) is 0.935. The molecule has 1 atom stereocenters. The predicted molar refractivity (Wildman–Crippen MR) is 88.3 cm³/mol. The Bertz CT molecular complexity index is 601. The molecule has 1 saturated heterocycles. The molecule has 5 nitrogen and oxygen atoms in total. The van der Waals surface area contributed by atoms with E-state index in [2.05, 4.69) is 46.3 Å². The van der Waals surface area contributed by atoms with Crippen molar-refractivity contribution in [2.24, 2.45) is 0 Å². The molecule has 0 saturated carbocycles. The van der Waals surface area contributed by atoms with Crippen LogP contribution >= 0.6 is 12.4 Å². The topological polar surface area (TPSA) is 54.2 Å². The molecule has 0 aliphatic carbocycles. The zero-order valence-electron chi connectivity index (χ0n) is 13.1. The minimum absolute atomic E-state index is 0. The Morgan fingerprint density at radius 1 is 1.36 bits per heavy atom. The highest BCUT2D eigenvalue weighted by molar-refractivity contribution is 5.85. The lowest BCUT2D eigenvalue weighted by Gasteiger charge is -2.32. The summed E-state index contributed by atoms with van der Waals surface area (Å²) in [5.41, 5.74) is 2.51. The Balaban J connectivity index is 0.00000176. The summed E-state index contributed by atoms with van der Waals surface area (Å²) in [7, 11) is 0. The van der Waals surface area contributed by atoms with Crippen LogP contribution in [0.4, 0.5) is 0 Å². The highest BCUT2D eigenvalue weighted by Crippen LogP contribution is 2.13. The Labute approximate surface area is 137 Å². The molecule has 6 heteroatoms. The second-order valence-electron chi connectivity index (χ2n) is 5.73. The summed E-state index contributed by atoms with van der Waals surface area (Å²) in [5.74, 6) is 1.48. The van der Waals surface area contributed by atoms with Crippen molar-refractivity contribution >= 4 is 12.4 Å². The number of nitrogens with zero attached hydrogens (tertiary/aromatic N) is 3. The van der Waals surface area contributed by atoms with Crippen molar-refractivity contribution in [3.8, 4) is 0 Å². The summed E-state index contributed by atoms with van der Waals surface area (Å²) in [6, 6.07) is 8.82. The molecule has 0 bridgehead atoms. The number of piperazine rings is 1. The molecule has 0 amide bonds. The molecule has 3 rings (SSSR count). The molecule has 1 aliphatic rings. The summed E-state index contributed by atoms with van der Waals surface area (Å²) >= 11 is 0. The second-order valence-corrected chi connectivity index (χ2v) is 5.73. The van der Waals surface area contributed by atoms with Crippen LogP contribution in [0.3, 0.4) is 0 Å². The van der Waals surface area contributed by atoms with Crippen LogP contribution in [0.1, 0.15) is 29.8 Å². The van der Waals surface area contributed by atoms with E-state index in [1.165, 1.54) is 11.1 Å². The van der Waals surface area contributed by atoms with E-state index in [4.69, 9.17) is 4.52 Å². The van der Waals surface area contributed by atoms with E-state index in [1.54, 1.807) is 0 Å². The van der Waals surface area contributed by atoms with Crippen molar-refractivity contribution in [1.82, 2.24) is 20.4 Å². The largest absolute Gasteiger partial charge is 0.338 e. The summed E-state index contributed by atoms with van der Waals surface area (Å²) in [6.45, 7) is 8.13. The van der Waals surface area contributed by atoms with Crippen LogP contribution in [-0.4, -0.2) is 40.7 Å². The van der Waals surface area contributed by atoms with Crippen LogP contribution in [-0.2, 0) is 13.0 Å². The Hall–Kier alpha value is -1.43. The molecule has 22 heavy (non-hydrogen) atoms. The number of aryl methyl sites for hydroxylation is 1. The molecule has 1 N–H and O–H groups in total. The standard InChI is InChI=1S/C16H22N4O.ClH/c1-12-5-3-4-6-14(12)9-15-18-16(21-19-15)11-20-8-7-17-10-13(20)2;/h3-6,13,17H,7-11H2,1-2H3;1H/t13-;/m1./s1. The van der Waals surface area contributed by atoms with Gasteiger partial charge in [-0.2, -0.15) is 4.98 Å². The summed E-state index contributed by atoms with van der Waals surface area (Å²) in [6.07, 6.45) is 0.729. The molecule has 120 valence electrons. The molecule has 0 radical (unpaired) electrons. The van der Waals surface area contributed by atoms with Crippen LogP contribution in [0.2, 0.25) is 0 Å². The molecule has 0 spiro atoms. The van der Waals surface area contributed by atoms with Crippen molar-refractivity contribution in [2.45, 2.75) is 32.9 Å². The third-order valence-corrected chi connectivity index (χ3v) is 4.10. The third-order valence-electron chi connectivity index (χ3n) is 4.10. The van der Waals surface area contributed by atoms with Gasteiger partial charge >= 0.3 is 0 Å². The summed E-state index contributed by atoms with van der Waals surface area (Å²) < 4.78 is 5.40. The van der Waals surface area contributed by atoms with E-state index in [9.17, 15) is 0 Å². The van der Waals surface area contributed by atoms with Gasteiger partial charge in [-0.05, 0) is 25.0 Å². The number of hydrogen-bond donors (Lipinski definition) is 1. The first-order chi connectivity index (χ1) is 10.2. The summed E-state index contributed by atoms with van der Waals surface area (Å²) in [5, 5.41) is 7.50. The highest BCUT2D eigenvalue weighted by Gasteiger charge is 2.20. The first-order valence-electron chi connectivity index (χ1n) is 7.53. The SMILES string of the molecule is Cc1ccccc1Cc1noc(CN2CCNC[C@H]2C)n1.Cl. The second kappa shape index (κ2) is 7.72. The van der Waals surface area contributed by atoms with Gasteiger partial charge < -0.3 is 9.84 Å². The lowest BCUT2D eigenvalue weighted by Crippen LogP contribution is -2.49. The van der Waals surface area contributed by atoms with Crippen molar-refractivity contribution in [3.05, 3.63) is 47.1 Å². The fourth-order valence-corrected chi connectivity index (χ4v) is 2.70. The zero-order valence-corrected chi connectivity index (χ0v) is 13.9. The molecule has 2 aromatic rings. The van der Waals surface area contributed by atoms with Crippen LogP contribution in [0, 0.1) is 6.92 Å². The maximum atomic E-state index is 5.40. The van der Waals surface area contributed by atoms with Gasteiger partial charge in [-0.25, -0.2) is 0 Å². The number of rotatable bonds is 4. The van der Waals surface area contributed by atoms with Crippen molar-refractivity contribution in [3.63, 3.8) is 0 Å². The van der Waals surface area contributed by atoms with E-state index in [0.717, 1.165) is 38.4 Å². The van der Waals surface area contributed by atoms with E-state index < -0.39 is 0 Å². The molecular weight excluding hydrogens is 300 g/mol. The van der Waals surface area contributed by atoms with Gasteiger partial charge in [-0.1, -0.05) is 29.4 Å². The smallest absolute Gasteiger partial charge is 0.240 e. The van der Waals surface area contributed by atoms with Crippen LogP contribution in [0.5, 0.6) is 0 Å². The fraction of sp³-hybridized carbons (Fsp3) is 0.500. The zero-order chi connectivity index (χ0) is 14.7. The van der Waals surface area contributed by atoms with Crippen molar-refractivity contribution in [1.29, 1.82) is 0 Å². The average molecular weight is 323 g/mol. The van der Waals surface area contributed by atoms with E-state index >= 15 is 0 Å². The third kappa shape index (κ3) is 4.06. The van der Waals surface area contributed by atoms with Gasteiger partial charge in [0.2, 0.25) is 5.89 Å². The fourth-order valence-electron chi connectivity index (χ4n) is 2.70. The molecule has 1 aromatic carbocycles. The van der Waals surface area contributed by atoms with Crippen molar-refractivity contribution in [2.75, 3.05) is 19.6 Å². The van der Waals surface area contributed by atoms with Gasteiger partial charge in [0.1, 0.15) is 0 Å². The highest BCUT2D eigenvalue weighted by atomic mass is 35.5. The first-order valence-corrected chi connectivity index (χ1v) is 7.53. The Kier molecular flexibility index (Phi) is 5.94. The Morgan fingerprint density at radius 2 is 2.18 bits per heavy atom. The lowest BCUT2D eigenvalue weighted by atomic mass is 10.1. The number of halogens is 1. The molecule has 1 aliphatic heterocycles. The van der Waals surface area contributed by atoms with Gasteiger partial charge in [-0.15, -0.1) is 12.4 Å². The van der Waals surface area contributed by atoms with Crippen molar-refractivity contribution < 1.29 is 4.52 Å². The van der Waals surface area contributed by atoms with Gasteiger partial charge in [0.15, 0.2) is 5.82 Å². The average Bonchev–Trinajstić information content (AvgIpc) is 2.91. The van der Waals surface area contributed by atoms with Gasteiger partial charge in [0.05, 0.1) is 6.54 Å². The number of nitrogens with one attached hydrogen (secondary N) is 1. The minimum Gasteiger partial charge on any atom is -0.338 e. The first kappa shape index (κ1) is 16.9. The van der Waals surface area contributed by atoms with E-state index in [-0.39, 0.29) is 12.4 Å².